The summed E-state index contributed by atoms with van der Waals surface area (Å²) in [6.07, 6.45) is 6.19. The van der Waals surface area contributed by atoms with E-state index >= 15 is 0 Å². The van der Waals surface area contributed by atoms with Crippen molar-refractivity contribution in [1.29, 1.82) is 0 Å². The molecule has 1 aromatic carbocycles. The number of benzene rings is 1. The van der Waals surface area contributed by atoms with Gasteiger partial charge in [0.1, 0.15) is 0 Å². The molecule has 2 atom stereocenters. The third kappa shape index (κ3) is 2.51. The van der Waals surface area contributed by atoms with E-state index in [1.165, 1.54) is 6.42 Å². The first-order valence-corrected chi connectivity index (χ1v) is 8.14. The van der Waals surface area contributed by atoms with Crippen LogP contribution in [0.15, 0.2) is 22.7 Å². The molecule has 1 aliphatic carbocycles. The van der Waals surface area contributed by atoms with Gasteiger partial charge in [-0.3, -0.25) is 4.79 Å². The molecule has 2 unspecified atom stereocenters. The van der Waals surface area contributed by atoms with Gasteiger partial charge in [-0.15, -0.1) is 0 Å². The van der Waals surface area contributed by atoms with Gasteiger partial charge in [0.25, 0.3) is 0 Å². The Labute approximate surface area is 128 Å². The molecule has 1 saturated heterocycles. The molecular weight excluding hydrogens is 318 g/mol. The number of carbonyl (C=O) groups excluding carboxylic acids is 1. The molecule has 0 amide bonds. The van der Waals surface area contributed by atoms with E-state index in [9.17, 15) is 9.90 Å². The van der Waals surface area contributed by atoms with Crippen LogP contribution in [0.4, 0.5) is 5.69 Å². The van der Waals surface area contributed by atoms with Crippen LogP contribution in [0.2, 0.25) is 0 Å². The largest absolute Gasteiger partial charge is 0.389 e. The zero-order chi connectivity index (χ0) is 14.2. The predicted molar refractivity (Wildman–Crippen MR) is 83.3 cm³/mol. The van der Waals surface area contributed by atoms with E-state index in [2.05, 4.69) is 20.8 Å². The van der Waals surface area contributed by atoms with Crippen molar-refractivity contribution in [3.8, 4) is 0 Å². The van der Waals surface area contributed by atoms with Gasteiger partial charge in [0, 0.05) is 34.7 Å². The zero-order valence-corrected chi connectivity index (χ0v) is 13.1. The first kappa shape index (κ1) is 14.1. The fourth-order valence-corrected chi connectivity index (χ4v) is 4.07. The molecule has 1 N–H and O–H groups in total. The second-order valence-electron chi connectivity index (χ2n) is 6.07. The average molecular weight is 338 g/mol. The van der Waals surface area contributed by atoms with Crippen molar-refractivity contribution < 1.29 is 9.90 Å². The number of aliphatic hydroxyl groups is 1. The number of anilines is 1. The number of piperidine rings is 1. The monoisotopic (exact) mass is 337 g/mol. The molecule has 4 heteroatoms. The van der Waals surface area contributed by atoms with Gasteiger partial charge in [-0.2, -0.15) is 0 Å². The summed E-state index contributed by atoms with van der Waals surface area (Å²) in [6, 6.07) is 5.87. The molecule has 0 aromatic heterocycles. The van der Waals surface area contributed by atoms with Crippen molar-refractivity contribution in [1.82, 2.24) is 0 Å². The molecule has 2 fully saturated rings. The number of hydrogen-bond donors (Lipinski definition) is 1. The Morgan fingerprint density at radius 2 is 2.20 bits per heavy atom. The lowest BCUT2D eigenvalue weighted by molar-refractivity contribution is -0.0612. The van der Waals surface area contributed by atoms with Gasteiger partial charge < -0.3 is 10.0 Å². The van der Waals surface area contributed by atoms with E-state index in [1.54, 1.807) is 0 Å². The summed E-state index contributed by atoms with van der Waals surface area (Å²) in [7, 11) is 0. The summed E-state index contributed by atoms with van der Waals surface area (Å²) in [5.74, 6) is 0.384. The lowest BCUT2D eigenvalue weighted by Crippen LogP contribution is -2.53. The van der Waals surface area contributed by atoms with Crippen molar-refractivity contribution in [3.05, 3.63) is 28.2 Å². The minimum Gasteiger partial charge on any atom is -0.389 e. The number of hydrogen-bond acceptors (Lipinski definition) is 3. The molecule has 0 spiro atoms. The number of fused-ring (bicyclic) bond motifs is 1. The summed E-state index contributed by atoms with van der Waals surface area (Å²) in [5, 5.41) is 10.7. The van der Waals surface area contributed by atoms with Crippen molar-refractivity contribution in [2.24, 2.45) is 5.92 Å². The van der Waals surface area contributed by atoms with E-state index in [0.29, 0.717) is 11.5 Å². The Bertz CT molecular complexity index is 519. The van der Waals surface area contributed by atoms with Gasteiger partial charge in [-0.25, -0.2) is 0 Å². The van der Waals surface area contributed by atoms with E-state index in [1.807, 2.05) is 18.2 Å². The third-order valence-corrected chi connectivity index (χ3v) is 5.59. The van der Waals surface area contributed by atoms with Crippen LogP contribution in [-0.4, -0.2) is 30.1 Å². The van der Waals surface area contributed by atoms with Crippen LogP contribution in [0.5, 0.6) is 0 Å². The van der Waals surface area contributed by atoms with Gasteiger partial charge in [-0.05, 0) is 53.4 Å². The first-order chi connectivity index (χ1) is 9.62. The number of rotatable bonds is 2. The molecular formula is C16H20BrNO2. The second kappa shape index (κ2) is 5.49. The Morgan fingerprint density at radius 3 is 2.95 bits per heavy atom. The van der Waals surface area contributed by atoms with Crippen molar-refractivity contribution in [2.45, 2.75) is 37.7 Å². The van der Waals surface area contributed by atoms with E-state index < -0.39 is 5.60 Å². The lowest BCUT2D eigenvalue weighted by atomic mass is 9.71. The van der Waals surface area contributed by atoms with E-state index in [0.717, 1.165) is 55.2 Å². The van der Waals surface area contributed by atoms with Gasteiger partial charge in [0.05, 0.1) is 5.60 Å². The molecule has 0 bridgehead atoms. The Hall–Kier alpha value is -0.870. The Kier molecular flexibility index (Phi) is 3.87. The topological polar surface area (TPSA) is 40.5 Å². The molecule has 0 radical (unpaired) electrons. The second-order valence-corrected chi connectivity index (χ2v) is 6.92. The van der Waals surface area contributed by atoms with Crippen LogP contribution in [-0.2, 0) is 0 Å². The van der Waals surface area contributed by atoms with Crippen LogP contribution in [0.3, 0.4) is 0 Å². The minimum atomic E-state index is -0.436. The van der Waals surface area contributed by atoms with Gasteiger partial charge in [0.2, 0.25) is 0 Å². The molecule has 3 nitrogen and oxygen atoms in total. The van der Waals surface area contributed by atoms with Crippen LogP contribution in [0, 0.1) is 5.92 Å². The molecule has 20 heavy (non-hydrogen) atoms. The standard InChI is InChI=1S/C16H20BrNO2/c17-15-9-14(5-4-12(15)11-19)18-8-7-16(20)6-2-1-3-13(16)10-18/h4-5,9,11,13,20H,1-3,6-8,10H2. The maximum absolute atomic E-state index is 10.9. The summed E-state index contributed by atoms with van der Waals surface area (Å²) >= 11 is 3.45. The molecule has 1 saturated carbocycles. The lowest BCUT2D eigenvalue weighted by Gasteiger charge is -2.48. The number of nitrogens with zero attached hydrogens (tertiary/aromatic N) is 1. The maximum atomic E-state index is 10.9. The predicted octanol–water partition coefficient (Wildman–Crippen LogP) is 3.39. The first-order valence-electron chi connectivity index (χ1n) is 7.34. The van der Waals surface area contributed by atoms with Gasteiger partial charge >= 0.3 is 0 Å². The molecule has 3 rings (SSSR count). The fourth-order valence-electron chi connectivity index (χ4n) is 3.61. The Morgan fingerprint density at radius 1 is 1.35 bits per heavy atom. The molecule has 1 heterocycles. The van der Waals surface area contributed by atoms with Crippen molar-refractivity contribution >= 4 is 27.9 Å². The Balaban J connectivity index is 1.79. The molecule has 1 aromatic rings. The number of aldehydes is 1. The molecule has 1 aliphatic heterocycles. The smallest absolute Gasteiger partial charge is 0.151 e. The van der Waals surface area contributed by atoms with Crippen LogP contribution in [0.25, 0.3) is 0 Å². The number of carbonyl (C=O) groups is 1. The van der Waals surface area contributed by atoms with Crippen LogP contribution >= 0.6 is 15.9 Å². The maximum Gasteiger partial charge on any atom is 0.151 e. The van der Waals surface area contributed by atoms with E-state index in [4.69, 9.17) is 0 Å². The number of halogens is 1. The summed E-state index contributed by atoms with van der Waals surface area (Å²) in [6.45, 7) is 1.81. The van der Waals surface area contributed by atoms with Crippen molar-refractivity contribution in [3.63, 3.8) is 0 Å². The highest BCUT2D eigenvalue weighted by Gasteiger charge is 2.42. The fraction of sp³-hybridized carbons (Fsp3) is 0.562. The average Bonchev–Trinajstić information content (AvgIpc) is 2.46. The minimum absolute atomic E-state index is 0.384. The van der Waals surface area contributed by atoms with Crippen molar-refractivity contribution in [2.75, 3.05) is 18.0 Å². The van der Waals surface area contributed by atoms with E-state index in [-0.39, 0.29) is 0 Å². The highest BCUT2D eigenvalue weighted by Crippen LogP contribution is 2.41. The van der Waals surface area contributed by atoms with Crippen LogP contribution in [0.1, 0.15) is 42.5 Å². The SMILES string of the molecule is O=Cc1ccc(N2CCC3(O)CCCCC3C2)cc1Br. The normalized spacial score (nSPS) is 29.9. The molecule has 2 aliphatic rings. The highest BCUT2D eigenvalue weighted by molar-refractivity contribution is 9.10. The van der Waals surface area contributed by atoms with Gasteiger partial charge in [-0.1, -0.05) is 12.8 Å². The van der Waals surface area contributed by atoms with Crippen LogP contribution < -0.4 is 4.90 Å². The third-order valence-electron chi connectivity index (χ3n) is 4.90. The summed E-state index contributed by atoms with van der Waals surface area (Å²) in [4.78, 5) is 13.2. The summed E-state index contributed by atoms with van der Waals surface area (Å²) in [5.41, 5.74) is 1.38. The van der Waals surface area contributed by atoms with Gasteiger partial charge in [0.15, 0.2) is 6.29 Å². The zero-order valence-electron chi connectivity index (χ0n) is 11.5. The highest BCUT2D eigenvalue weighted by atomic mass is 79.9. The quantitative estimate of drug-likeness (QED) is 0.841. The summed E-state index contributed by atoms with van der Waals surface area (Å²) < 4.78 is 0.842. The molecule has 108 valence electrons.